The molecule has 0 atom stereocenters. The lowest BCUT2D eigenvalue weighted by Crippen LogP contribution is -2.15. The van der Waals surface area contributed by atoms with Gasteiger partial charge in [-0.3, -0.25) is 0 Å². The number of hydrogen-bond donors (Lipinski definition) is 0. The molecule has 24 heavy (non-hydrogen) atoms. The van der Waals surface area contributed by atoms with Crippen LogP contribution in [0.4, 0.5) is 0 Å². The van der Waals surface area contributed by atoms with Crippen LogP contribution < -0.4 is 0 Å². The minimum absolute atomic E-state index is 0.182. The Morgan fingerprint density at radius 1 is 0.750 bits per heavy atom. The van der Waals surface area contributed by atoms with Crippen LogP contribution in [0.1, 0.15) is 13.8 Å². The number of methoxy groups -OCH3 is 1. The van der Waals surface area contributed by atoms with Crippen molar-refractivity contribution in [2.24, 2.45) is 0 Å². The number of carbonyl (C=O) groups is 2. The Morgan fingerprint density at radius 3 is 1.29 bits per heavy atom. The van der Waals surface area contributed by atoms with E-state index in [0.717, 1.165) is 0 Å². The quantitative estimate of drug-likeness (QED) is 0.303. The van der Waals surface area contributed by atoms with Gasteiger partial charge in [-0.15, -0.1) is 0 Å². The van der Waals surface area contributed by atoms with Crippen LogP contribution in [0, 0.1) is 6.92 Å². The zero-order chi connectivity index (χ0) is 18.8. The van der Waals surface area contributed by atoms with Crippen LogP contribution >= 0.6 is 0 Å². The smallest absolute Gasteiger partial charge is 0.333 e. The topological polar surface area (TPSA) is 80.3 Å². The average molecular weight is 345 g/mol. The van der Waals surface area contributed by atoms with Crippen molar-refractivity contribution in [3.05, 3.63) is 31.2 Å². The molecular formula is C17H29O7. The van der Waals surface area contributed by atoms with Crippen molar-refractivity contribution in [1.29, 1.82) is 0 Å². The molecule has 139 valence electrons. The molecule has 0 saturated carbocycles. The number of rotatable bonds is 12. The molecule has 0 aliphatic rings. The Bertz CT molecular complexity index is 341. The summed E-state index contributed by atoms with van der Waals surface area (Å²) >= 11 is 0. The van der Waals surface area contributed by atoms with Gasteiger partial charge in [0.15, 0.2) is 0 Å². The standard InChI is InChI=1S/C14H22O6.C3H7O/c1-11(2)13(15)19-9-7-17-5-6-18-8-10-20-14(16)12(3)4;1-3-4-2/h1,3,5-10H2,2,4H3;1,3H2,2H3. The second kappa shape index (κ2) is 17.7. The Morgan fingerprint density at radius 2 is 1.04 bits per heavy atom. The summed E-state index contributed by atoms with van der Waals surface area (Å²) in [6.45, 7) is 15.7. The minimum Gasteiger partial charge on any atom is -0.460 e. The molecule has 0 fully saturated rings. The van der Waals surface area contributed by atoms with Gasteiger partial charge < -0.3 is 23.7 Å². The first-order valence-corrected chi connectivity index (χ1v) is 7.45. The summed E-state index contributed by atoms with van der Waals surface area (Å²) in [6, 6.07) is 0. The predicted molar refractivity (Wildman–Crippen MR) is 90.4 cm³/mol. The van der Waals surface area contributed by atoms with E-state index >= 15 is 0 Å². The van der Waals surface area contributed by atoms with E-state index in [2.05, 4.69) is 24.8 Å². The summed E-state index contributed by atoms with van der Waals surface area (Å²) in [4.78, 5) is 22.0. The molecule has 0 aliphatic heterocycles. The van der Waals surface area contributed by atoms with E-state index in [4.69, 9.17) is 18.9 Å². The first kappa shape index (κ1) is 24.6. The fourth-order valence-electron chi connectivity index (χ4n) is 0.955. The first-order chi connectivity index (χ1) is 11.4. The molecule has 0 amide bonds. The fourth-order valence-corrected chi connectivity index (χ4v) is 0.955. The van der Waals surface area contributed by atoms with Crippen molar-refractivity contribution in [2.45, 2.75) is 13.8 Å². The molecule has 0 spiro atoms. The summed E-state index contributed by atoms with van der Waals surface area (Å²) in [5, 5.41) is 0. The van der Waals surface area contributed by atoms with Gasteiger partial charge in [-0.05, 0) is 20.8 Å². The minimum atomic E-state index is -0.427. The number of hydrogen-bond acceptors (Lipinski definition) is 7. The van der Waals surface area contributed by atoms with Gasteiger partial charge in [0.05, 0.1) is 26.4 Å². The Balaban J connectivity index is 0. The molecule has 0 saturated heterocycles. The molecule has 0 N–H and O–H groups in total. The maximum Gasteiger partial charge on any atom is 0.333 e. The van der Waals surface area contributed by atoms with Crippen LogP contribution in [-0.4, -0.2) is 65.3 Å². The normalized spacial score (nSPS) is 9.50. The zero-order valence-corrected chi connectivity index (χ0v) is 14.9. The lowest BCUT2D eigenvalue weighted by molar-refractivity contribution is -0.142. The van der Waals surface area contributed by atoms with Crippen molar-refractivity contribution in [1.82, 2.24) is 0 Å². The van der Waals surface area contributed by atoms with Crippen LogP contribution in [-0.2, 0) is 33.3 Å². The van der Waals surface area contributed by atoms with E-state index in [-0.39, 0.29) is 13.2 Å². The van der Waals surface area contributed by atoms with E-state index in [1.54, 1.807) is 21.0 Å². The molecule has 7 heteroatoms. The van der Waals surface area contributed by atoms with Crippen LogP contribution in [0.2, 0.25) is 0 Å². The van der Waals surface area contributed by atoms with Crippen LogP contribution in [0.15, 0.2) is 24.3 Å². The summed E-state index contributed by atoms with van der Waals surface area (Å²) in [6.07, 6.45) is 0. The molecular weight excluding hydrogens is 316 g/mol. The predicted octanol–water partition coefficient (Wildman–Crippen LogP) is 1.73. The molecule has 0 heterocycles. The second-order valence-corrected chi connectivity index (χ2v) is 4.55. The van der Waals surface area contributed by atoms with Crippen molar-refractivity contribution in [3.8, 4) is 0 Å². The Labute approximate surface area is 144 Å². The molecule has 1 radical (unpaired) electrons. The first-order valence-electron chi connectivity index (χ1n) is 7.45. The van der Waals surface area contributed by atoms with Crippen molar-refractivity contribution in [3.63, 3.8) is 0 Å². The second-order valence-electron chi connectivity index (χ2n) is 4.55. The summed E-state index contributed by atoms with van der Waals surface area (Å²) in [5.74, 6) is -0.853. The highest BCUT2D eigenvalue weighted by molar-refractivity contribution is 5.87. The van der Waals surface area contributed by atoms with E-state index in [0.29, 0.717) is 44.2 Å². The van der Waals surface area contributed by atoms with Crippen molar-refractivity contribution < 1.29 is 33.3 Å². The van der Waals surface area contributed by atoms with Crippen molar-refractivity contribution >= 4 is 11.9 Å². The molecule has 7 nitrogen and oxygen atoms in total. The van der Waals surface area contributed by atoms with E-state index < -0.39 is 11.9 Å². The number of carbonyl (C=O) groups excluding carboxylic acids is 2. The van der Waals surface area contributed by atoms with E-state index in [1.165, 1.54) is 0 Å². The fraction of sp³-hybridized carbons (Fsp3) is 0.588. The third kappa shape index (κ3) is 18.3. The maximum atomic E-state index is 11.0. The van der Waals surface area contributed by atoms with Gasteiger partial charge in [-0.25, -0.2) is 9.59 Å². The monoisotopic (exact) mass is 345 g/mol. The molecule has 0 aliphatic carbocycles. The zero-order valence-electron chi connectivity index (χ0n) is 14.9. The number of esters is 2. The van der Waals surface area contributed by atoms with Gasteiger partial charge in [0.2, 0.25) is 0 Å². The van der Waals surface area contributed by atoms with E-state index in [1.807, 2.05) is 0 Å². The van der Waals surface area contributed by atoms with Gasteiger partial charge in [0, 0.05) is 24.9 Å². The Kier molecular flexibility index (Phi) is 18.1. The van der Waals surface area contributed by atoms with Gasteiger partial charge in [0.1, 0.15) is 13.2 Å². The van der Waals surface area contributed by atoms with Gasteiger partial charge in [-0.1, -0.05) is 13.2 Å². The molecule has 0 aromatic heterocycles. The van der Waals surface area contributed by atoms with Gasteiger partial charge >= 0.3 is 11.9 Å². The third-order valence-electron chi connectivity index (χ3n) is 2.19. The summed E-state index contributed by atoms with van der Waals surface area (Å²) < 4.78 is 24.4. The molecule has 0 aromatic rings. The largest absolute Gasteiger partial charge is 0.460 e. The molecule has 0 aromatic carbocycles. The van der Waals surface area contributed by atoms with E-state index in [9.17, 15) is 9.59 Å². The lowest BCUT2D eigenvalue weighted by atomic mass is 10.4. The summed E-state index contributed by atoms with van der Waals surface area (Å²) in [7, 11) is 1.62. The average Bonchev–Trinajstić information content (AvgIpc) is 2.55. The van der Waals surface area contributed by atoms with Gasteiger partial charge in [-0.2, -0.15) is 0 Å². The Hall–Kier alpha value is -1.70. The highest BCUT2D eigenvalue weighted by Crippen LogP contribution is 1.92. The SMILES string of the molecule is C=C(C)C(=O)OCCOCCOCCOC(=O)C(=C)C.[CH2]COC. The lowest BCUT2D eigenvalue weighted by Gasteiger charge is -2.07. The third-order valence-corrected chi connectivity index (χ3v) is 2.19. The van der Waals surface area contributed by atoms with Crippen LogP contribution in [0.25, 0.3) is 0 Å². The molecule has 0 unspecified atom stereocenters. The maximum absolute atomic E-state index is 11.0. The van der Waals surface area contributed by atoms with Crippen molar-refractivity contribution in [2.75, 3.05) is 53.4 Å². The molecule has 0 rings (SSSR count). The van der Waals surface area contributed by atoms with Gasteiger partial charge in [0.25, 0.3) is 0 Å². The van der Waals surface area contributed by atoms with Crippen LogP contribution in [0.3, 0.4) is 0 Å². The number of ether oxygens (including phenoxy) is 5. The molecule has 0 bridgehead atoms. The highest BCUT2D eigenvalue weighted by atomic mass is 16.6. The van der Waals surface area contributed by atoms with Crippen LogP contribution in [0.5, 0.6) is 0 Å². The highest BCUT2D eigenvalue weighted by Gasteiger charge is 2.03. The summed E-state index contributed by atoms with van der Waals surface area (Å²) in [5.41, 5.74) is 0.718.